The minimum Gasteiger partial charge on any atom is -0.445 e. The first-order chi connectivity index (χ1) is 19.5. The second-order valence-electron chi connectivity index (χ2n) is 9.63. The number of nitrogen functional groups attached to an aromatic ring is 1. The molecule has 0 aliphatic heterocycles. The van der Waals surface area contributed by atoms with Gasteiger partial charge in [-0.05, 0) is 37.1 Å². The van der Waals surface area contributed by atoms with E-state index in [4.69, 9.17) is 31.7 Å². The van der Waals surface area contributed by atoms with E-state index in [2.05, 4.69) is 20.5 Å². The summed E-state index contributed by atoms with van der Waals surface area (Å²) in [5.41, 5.74) is 15.3. The van der Waals surface area contributed by atoms with Crippen LogP contribution in [0.4, 0.5) is 10.5 Å². The van der Waals surface area contributed by atoms with Crippen molar-refractivity contribution < 1.29 is 47.6 Å². The standard InChI is InChI=1S/C25H33N6O10P/c1-25(2,23(35)29-17(21(28)33)12-20(27)32)31-22(34)18(30-24(36)40-13-14-6-4-3-5-7-14)11-15-8-9-19(16(26)10-15)41-42(37,38)39/h3-10,17-18H,11-13,26H2,1-2H3,(H2,27,32)(H2,28,33)(H,29,35)(H,30,36)(H,31,34)(H2,37,38,39)/t17-,18-/m0/s1. The van der Waals surface area contributed by atoms with E-state index < -0.39 is 61.6 Å². The zero-order chi connectivity index (χ0) is 31.7. The summed E-state index contributed by atoms with van der Waals surface area (Å²) in [6, 6.07) is 9.75. The average molecular weight is 609 g/mol. The number of nitrogens with two attached hydrogens (primary N) is 3. The van der Waals surface area contributed by atoms with Crippen LogP contribution < -0.4 is 37.7 Å². The molecule has 11 N–H and O–H groups in total. The van der Waals surface area contributed by atoms with Gasteiger partial charge in [-0.1, -0.05) is 36.4 Å². The van der Waals surface area contributed by atoms with Gasteiger partial charge in [0.05, 0.1) is 12.1 Å². The van der Waals surface area contributed by atoms with Crippen LogP contribution in [0.3, 0.4) is 0 Å². The van der Waals surface area contributed by atoms with Crippen molar-refractivity contribution >= 4 is 43.2 Å². The third-order valence-corrected chi connectivity index (χ3v) is 6.04. The summed E-state index contributed by atoms with van der Waals surface area (Å²) in [6.07, 6.45) is -1.74. The number of nitrogens with one attached hydrogen (secondary N) is 3. The summed E-state index contributed by atoms with van der Waals surface area (Å²) in [4.78, 5) is 79.7. The van der Waals surface area contributed by atoms with E-state index in [9.17, 15) is 28.5 Å². The van der Waals surface area contributed by atoms with Gasteiger partial charge in [-0.2, -0.15) is 0 Å². The zero-order valence-electron chi connectivity index (χ0n) is 22.7. The first-order valence-corrected chi connectivity index (χ1v) is 13.8. The first-order valence-electron chi connectivity index (χ1n) is 12.3. The first kappa shape index (κ1) is 33.5. The number of carbonyl (C=O) groups is 5. The molecule has 228 valence electrons. The number of hydrogen-bond donors (Lipinski definition) is 8. The molecule has 0 unspecified atom stereocenters. The highest BCUT2D eigenvalue weighted by Crippen LogP contribution is 2.40. The van der Waals surface area contributed by atoms with Gasteiger partial charge in [-0.25, -0.2) is 9.36 Å². The molecular formula is C25H33N6O10P. The fourth-order valence-corrected chi connectivity index (χ4v) is 3.93. The van der Waals surface area contributed by atoms with Crippen molar-refractivity contribution in [3.63, 3.8) is 0 Å². The highest BCUT2D eigenvalue weighted by atomic mass is 31.2. The maximum atomic E-state index is 13.3. The largest absolute Gasteiger partial charge is 0.524 e. The SMILES string of the molecule is CC(C)(NC(=O)[C@H](Cc1ccc(OP(=O)(O)O)c(N)c1)NC(=O)OCc1ccccc1)C(=O)N[C@@H](CC(N)=O)C(N)=O. The number of amides is 5. The zero-order valence-corrected chi connectivity index (χ0v) is 23.6. The van der Waals surface area contributed by atoms with Crippen molar-refractivity contribution in [3.05, 3.63) is 59.7 Å². The molecule has 42 heavy (non-hydrogen) atoms. The Morgan fingerprint density at radius 3 is 2.14 bits per heavy atom. The van der Waals surface area contributed by atoms with E-state index in [1.807, 2.05) is 0 Å². The fraction of sp³-hybridized carbons (Fsp3) is 0.320. The van der Waals surface area contributed by atoms with Crippen LogP contribution >= 0.6 is 7.82 Å². The summed E-state index contributed by atoms with van der Waals surface area (Å²) in [7, 11) is -4.89. The van der Waals surface area contributed by atoms with E-state index in [0.717, 1.165) is 0 Å². The molecule has 2 rings (SSSR count). The van der Waals surface area contributed by atoms with Crippen molar-refractivity contribution in [2.75, 3.05) is 5.73 Å². The molecule has 0 bridgehead atoms. The Bertz CT molecular complexity index is 1360. The average Bonchev–Trinajstić information content (AvgIpc) is 2.87. The summed E-state index contributed by atoms with van der Waals surface area (Å²) in [6.45, 7) is 2.50. The van der Waals surface area contributed by atoms with E-state index >= 15 is 0 Å². The van der Waals surface area contributed by atoms with E-state index in [-0.39, 0.29) is 24.5 Å². The molecule has 0 spiro atoms. The second-order valence-corrected chi connectivity index (χ2v) is 10.8. The molecule has 0 aliphatic rings. The third kappa shape index (κ3) is 11.1. The van der Waals surface area contributed by atoms with Gasteiger partial charge in [0.25, 0.3) is 0 Å². The van der Waals surface area contributed by atoms with Crippen LogP contribution in [0, 0.1) is 0 Å². The highest BCUT2D eigenvalue weighted by Gasteiger charge is 2.35. The molecule has 17 heteroatoms. The molecule has 16 nitrogen and oxygen atoms in total. The highest BCUT2D eigenvalue weighted by molar-refractivity contribution is 7.46. The molecule has 2 aromatic rings. The number of hydrogen-bond acceptors (Lipinski definition) is 9. The van der Waals surface area contributed by atoms with E-state index in [0.29, 0.717) is 11.1 Å². The molecule has 0 saturated carbocycles. The van der Waals surface area contributed by atoms with Gasteiger partial charge in [-0.3, -0.25) is 29.0 Å². The number of anilines is 1. The summed E-state index contributed by atoms with van der Waals surface area (Å²) >= 11 is 0. The van der Waals surface area contributed by atoms with Crippen LogP contribution in [0.25, 0.3) is 0 Å². The monoisotopic (exact) mass is 608 g/mol. The fourth-order valence-electron chi connectivity index (χ4n) is 3.50. The normalized spacial score (nSPS) is 12.8. The summed E-state index contributed by atoms with van der Waals surface area (Å²) < 4.78 is 20.9. The van der Waals surface area contributed by atoms with Gasteiger partial charge in [-0.15, -0.1) is 0 Å². The predicted octanol–water partition coefficient (Wildman–Crippen LogP) is -0.682. The molecule has 0 aromatic heterocycles. The third-order valence-electron chi connectivity index (χ3n) is 5.61. The number of phosphoric acid groups is 1. The molecule has 2 aromatic carbocycles. The van der Waals surface area contributed by atoms with Crippen LogP contribution in [-0.2, 0) is 41.5 Å². The minimum absolute atomic E-state index is 0.107. The lowest BCUT2D eigenvalue weighted by Crippen LogP contribution is -2.62. The number of carbonyl (C=O) groups excluding carboxylic acids is 5. The number of phosphoric ester groups is 1. The summed E-state index contributed by atoms with van der Waals surface area (Å²) in [5, 5.41) is 7.14. The predicted molar refractivity (Wildman–Crippen MR) is 148 cm³/mol. The van der Waals surface area contributed by atoms with Crippen molar-refractivity contribution in [1.82, 2.24) is 16.0 Å². The maximum Gasteiger partial charge on any atom is 0.524 e. The van der Waals surface area contributed by atoms with Crippen LogP contribution in [0.1, 0.15) is 31.4 Å². The molecule has 2 atom stereocenters. The van der Waals surface area contributed by atoms with Crippen LogP contribution in [0.15, 0.2) is 48.5 Å². The van der Waals surface area contributed by atoms with Crippen molar-refractivity contribution in [1.29, 1.82) is 0 Å². The van der Waals surface area contributed by atoms with Gasteiger partial charge in [0.2, 0.25) is 23.6 Å². The number of primary amides is 2. The Morgan fingerprint density at radius 2 is 1.60 bits per heavy atom. The quantitative estimate of drug-likeness (QED) is 0.0982. The lowest BCUT2D eigenvalue weighted by molar-refractivity contribution is -0.135. The van der Waals surface area contributed by atoms with Gasteiger partial charge >= 0.3 is 13.9 Å². The number of benzene rings is 2. The van der Waals surface area contributed by atoms with E-state index in [1.54, 1.807) is 30.3 Å². The Balaban J connectivity index is 2.24. The Hall–Kier alpha value is -4.66. The molecule has 0 radical (unpaired) electrons. The maximum absolute atomic E-state index is 13.3. The Morgan fingerprint density at radius 1 is 0.952 bits per heavy atom. The smallest absolute Gasteiger partial charge is 0.445 e. The van der Waals surface area contributed by atoms with Gasteiger partial charge < -0.3 is 42.4 Å². The van der Waals surface area contributed by atoms with Crippen LogP contribution in [0.2, 0.25) is 0 Å². The van der Waals surface area contributed by atoms with Crippen molar-refractivity contribution in [2.24, 2.45) is 11.5 Å². The van der Waals surface area contributed by atoms with Gasteiger partial charge in [0, 0.05) is 6.42 Å². The molecular weight excluding hydrogens is 575 g/mol. The molecule has 0 fully saturated rings. The van der Waals surface area contributed by atoms with E-state index in [1.165, 1.54) is 32.0 Å². The Kier molecular flexibility index (Phi) is 11.4. The Labute approximate surface area is 240 Å². The lowest BCUT2D eigenvalue weighted by Gasteiger charge is -2.29. The minimum atomic E-state index is -4.89. The second kappa shape index (κ2) is 14.3. The summed E-state index contributed by atoms with van der Waals surface area (Å²) in [5.74, 6) is -3.95. The lowest BCUT2D eigenvalue weighted by atomic mass is 9.99. The van der Waals surface area contributed by atoms with Gasteiger partial charge in [0.15, 0.2) is 5.75 Å². The van der Waals surface area contributed by atoms with Crippen LogP contribution in [-0.4, -0.2) is 57.1 Å². The van der Waals surface area contributed by atoms with Crippen molar-refractivity contribution in [3.8, 4) is 5.75 Å². The molecule has 0 heterocycles. The number of ether oxygens (including phenoxy) is 1. The number of alkyl carbamates (subject to hydrolysis) is 1. The molecule has 5 amide bonds. The van der Waals surface area contributed by atoms with Crippen LogP contribution in [0.5, 0.6) is 5.75 Å². The van der Waals surface area contributed by atoms with Crippen molar-refractivity contribution in [2.45, 2.75) is 50.9 Å². The number of rotatable bonds is 14. The molecule has 0 aliphatic carbocycles. The molecule has 0 saturated heterocycles. The topological polar surface area (TPSA) is 275 Å². The van der Waals surface area contributed by atoms with Gasteiger partial charge in [0.1, 0.15) is 24.2 Å².